The predicted molar refractivity (Wildman–Crippen MR) is 55.1 cm³/mol. The minimum atomic E-state index is 0.128. The zero-order valence-corrected chi connectivity index (χ0v) is 8.62. The second kappa shape index (κ2) is 3.08. The maximum atomic E-state index is 11.7. The fraction of sp³-hybridized carbons (Fsp3) is 0.636. The summed E-state index contributed by atoms with van der Waals surface area (Å²) in [7, 11) is 0. The lowest BCUT2D eigenvalue weighted by Crippen LogP contribution is -2.37. The lowest BCUT2D eigenvalue weighted by atomic mass is 10.2. The fourth-order valence-corrected chi connectivity index (χ4v) is 2.82. The van der Waals surface area contributed by atoms with Crippen LogP contribution in [-0.4, -0.2) is 21.4 Å². The number of carbonyl (C=O) groups is 1. The second-order valence-corrected chi connectivity index (χ2v) is 4.75. The molecular formula is C11H15N3O. The molecule has 0 aromatic carbocycles. The Kier molecular flexibility index (Phi) is 1.84. The van der Waals surface area contributed by atoms with Crippen molar-refractivity contribution in [1.82, 2.24) is 15.3 Å². The average molecular weight is 205 g/mol. The molecule has 1 heterocycles. The maximum Gasteiger partial charge on any atom is 0.226 e. The highest BCUT2D eigenvalue weighted by Crippen LogP contribution is 2.55. The van der Waals surface area contributed by atoms with E-state index in [1.165, 1.54) is 25.7 Å². The molecule has 0 unspecified atom stereocenters. The van der Waals surface area contributed by atoms with Crippen molar-refractivity contribution >= 4 is 5.91 Å². The Morgan fingerprint density at radius 3 is 3.27 bits per heavy atom. The van der Waals surface area contributed by atoms with Gasteiger partial charge >= 0.3 is 0 Å². The van der Waals surface area contributed by atoms with E-state index >= 15 is 0 Å². The van der Waals surface area contributed by atoms with E-state index in [2.05, 4.69) is 15.3 Å². The van der Waals surface area contributed by atoms with E-state index in [9.17, 15) is 4.79 Å². The highest BCUT2D eigenvalue weighted by Gasteiger charge is 2.57. The minimum absolute atomic E-state index is 0.128. The van der Waals surface area contributed by atoms with Crippen LogP contribution in [0.5, 0.6) is 0 Å². The van der Waals surface area contributed by atoms with Crippen molar-refractivity contribution in [2.45, 2.75) is 37.6 Å². The Labute approximate surface area is 88.5 Å². The minimum Gasteiger partial charge on any atom is -0.350 e. The van der Waals surface area contributed by atoms with Crippen molar-refractivity contribution in [3.05, 3.63) is 18.2 Å². The largest absolute Gasteiger partial charge is 0.350 e. The molecule has 2 fully saturated rings. The molecule has 0 aliphatic heterocycles. The van der Waals surface area contributed by atoms with E-state index in [1.807, 2.05) is 0 Å². The molecule has 1 amide bonds. The summed E-state index contributed by atoms with van der Waals surface area (Å²) in [5.41, 5.74) is 1.08. The first kappa shape index (κ1) is 8.95. The van der Waals surface area contributed by atoms with E-state index in [-0.39, 0.29) is 11.4 Å². The Morgan fingerprint density at radius 1 is 1.73 bits per heavy atom. The molecule has 0 spiro atoms. The summed E-state index contributed by atoms with van der Waals surface area (Å²) < 4.78 is 0. The third-order valence-corrected chi connectivity index (χ3v) is 3.70. The van der Waals surface area contributed by atoms with Crippen LogP contribution in [0.4, 0.5) is 0 Å². The van der Waals surface area contributed by atoms with Crippen LogP contribution in [0.2, 0.25) is 0 Å². The molecule has 2 saturated carbocycles. The van der Waals surface area contributed by atoms with Crippen LogP contribution < -0.4 is 5.32 Å². The van der Waals surface area contributed by atoms with Gasteiger partial charge in [0.2, 0.25) is 5.91 Å². The van der Waals surface area contributed by atoms with Crippen LogP contribution in [0, 0.1) is 5.92 Å². The first-order valence-electron chi connectivity index (χ1n) is 5.57. The Balaban J connectivity index is 1.58. The maximum absolute atomic E-state index is 11.7. The van der Waals surface area contributed by atoms with Crippen molar-refractivity contribution in [2.75, 3.05) is 0 Å². The average Bonchev–Trinajstić information content (AvgIpc) is 2.64. The third kappa shape index (κ3) is 1.54. The summed E-state index contributed by atoms with van der Waals surface area (Å²) in [6, 6.07) is 0. The van der Waals surface area contributed by atoms with Crippen LogP contribution in [0.3, 0.4) is 0 Å². The number of amides is 1. The van der Waals surface area contributed by atoms with Crippen molar-refractivity contribution in [3.63, 3.8) is 0 Å². The topological polar surface area (TPSA) is 57.8 Å². The molecule has 0 bridgehead atoms. The smallest absolute Gasteiger partial charge is 0.226 e. The fourth-order valence-electron chi connectivity index (χ4n) is 2.82. The first-order valence-corrected chi connectivity index (χ1v) is 5.57. The van der Waals surface area contributed by atoms with Crippen molar-refractivity contribution in [2.24, 2.45) is 5.92 Å². The Morgan fingerprint density at radius 2 is 2.67 bits per heavy atom. The number of hydrogen-bond acceptors (Lipinski definition) is 2. The highest BCUT2D eigenvalue weighted by molar-refractivity contribution is 5.79. The number of aromatic amines is 1. The van der Waals surface area contributed by atoms with E-state index in [0.717, 1.165) is 11.6 Å². The summed E-state index contributed by atoms with van der Waals surface area (Å²) in [6.45, 7) is 0. The molecule has 4 nitrogen and oxygen atoms in total. The SMILES string of the molecule is O=C(Cc1cnc[nH]1)N[C@@]12CCC[C@@H]1C2. The van der Waals surface area contributed by atoms with Gasteiger partial charge in [-0.25, -0.2) is 4.98 Å². The summed E-state index contributed by atoms with van der Waals surface area (Å²) in [5, 5.41) is 3.18. The number of hydrogen-bond donors (Lipinski definition) is 2. The number of aromatic nitrogens is 2. The normalized spacial score (nSPS) is 32.4. The van der Waals surface area contributed by atoms with Gasteiger partial charge in [0.05, 0.1) is 12.7 Å². The number of imidazole rings is 1. The molecule has 2 N–H and O–H groups in total. The molecule has 80 valence electrons. The van der Waals surface area contributed by atoms with Gasteiger partial charge in [-0.05, 0) is 25.2 Å². The first-order chi connectivity index (χ1) is 7.28. The van der Waals surface area contributed by atoms with Crippen LogP contribution in [0.1, 0.15) is 31.4 Å². The van der Waals surface area contributed by atoms with E-state index in [1.54, 1.807) is 12.5 Å². The number of nitrogens with zero attached hydrogens (tertiary/aromatic N) is 1. The predicted octanol–water partition coefficient (Wildman–Crippen LogP) is 1.01. The molecule has 15 heavy (non-hydrogen) atoms. The van der Waals surface area contributed by atoms with E-state index < -0.39 is 0 Å². The zero-order valence-electron chi connectivity index (χ0n) is 8.62. The van der Waals surface area contributed by atoms with Gasteiger partial charge in [0, 0.05) is 17.4 Å². The lowest BCUT2D eigenvalue weighted by Gasteiger charge is -2.13. The van der Waals surface area contributed by atoms with Gasteiger partial charge in [-0.15, -0.1) is 0 Å². The van der Waals surface area contributed by atoms with E-state index in [0.29, 0.717) is 6.42 Å². The van der Waals surface area contributed by atoms with Gasteiger partial charge < -0.3 is 10.3 Å². The molecule has 3 rings (SSSR count). The highest BCUT2D eigenvalue weighted by atomic mass is 16.1. The number of nitrogens with one attached hydrogen (secondary N) is 2. The van der Waals surface area contributed by atoms with Gasteiger partial charge in [0.15, 0.2) is 0 Å². The summed E-state index contributed by atoms with van der Waals surface area (Å²) in [4.78, 5) is 18.6. The van der Waals surface area contributed by atoms with Gasteiger partial charge in [-0.3, -0.25) is 4.79 Å². The van der Waals surface area contributed by atoms with Crippen LogP contribution in [0.25, 0.3) is 0 Å². The van der Waals surface area contributed by atoms with Gasteiger partial charge in [-0.1, -0.05) is 6.42 Å². The second-order valence-electron chi connectivity index (χ2n) is 4.75. The number of carbonyl (C=O) groups excluding carboxylic acids is 1. The molecule has 2 aliphatic rings. The lowest BCUT2D eigenvalue weighted by molar-refractivity contribution is -0.121. The molecule has 4 heteroatoms. The van der Waals surface area contributed by atoms with Gasteiger partial charge in [0.1, 0.15) is 0 Å². The Bertz CT molecular complexity index is 373. The van der Waals surface area contributed by atoms with E-state index in [4.69, 9.17) is 0 Å². The van der Waals surface area contributed by atoms with Crippen LogP contribution >= 0.6 is 0 Å². The summed E-state index contributed by atoms with van der Waals surface area (Å²) in [6.07, 6.45) is 8.68. The molecular weight excluding hydrogens is 190 g/mol. The molecule has 0 saturated heterocycles. The van der Waals surface area contributed by atoms with Crippen molar-refractivity contribution < 1.29 is 4.79 Å². The van der Waals surface area contributed by atoms with Gasteiger partial charge in [0.25, 0.3) is 0 Å². The zero-order chi connectivity index (χ0) is 10.3. The molecule has 2 aliphatic carbocycles. The molecule has 2 atom stereocenters. The third-order valence-electron chi connectivity index (χ3n) is 3.70. The monoisotopic (exact) mass is 205 g/mol. The number of fused-ring (bicyclic) bond motifs is 1. The molecule has 1 aromatic rings. The summed E-state index contributed by atoms with van der Waals surface area (Å²) >= 11 is 0. The quantitative estimate of drug-likeness (QED) is 0.773. The number of H-pyrrole nitrogens is 1. The molecule has 1 aromatic heterocycles. The number of rotatable bonds is 3. The van der Waals surface area contributed by atoms with Crippen LogP contribution in [0.15, 0.2) is 12.5 Å². The molecule has 0 radical (unpaired) electrons. The Hall–Kier alpha value is -1.32. The van der Waals surface area contributed by atoms with Crippen LogP contribution in [-0.2, 0) is 11.2 Å². The summed E-state index contributed by atoms with van der Waals surface area (Å²) in [5.74, 6) is 0.895. The van der Waals surface area contributed by atoms with Crippen molar-refractivity contribution in [3.8, 4) is 0 Å². The standard InChI is InChI=1S/C11H15N3O/c15-10(4-9-6-12-7-13-9)14-11-3-1-2-8(11)5-11/h6-8H,1-5H2,(H,12,13)(H,14,15)/t8-,11-/m1/s1. The van der Waals surface area contributed by atoms with Gasteiger partial charge in [-0.2, -0.15) is 0 Å². The van der Waals surface area contributed by atoms with Crippen molar-refractivity contribution in [1.29, 1.82) is 0 Å².